The summed E-state index contributed by atoms with van der Waals surface area (Å²) in [4.78, 5) is -0.114. The maximum Gasteiger partial charge on any atom is 0.333 e. The highest BCUT2D eigenvalue weighted by atomic mass is 32.2. The average Bonchev–Trinajstić information content (AvgIpc) is 2.97. The second-order valence-electron chi connectivity index (χ2n) is 6.84. The fourth-order valence-corrected chi connectivity index (χ4v) is 6.56. The van der Waals surface area contributed by atoms with Gasteiger partial charge in [0.2, 0.25) is 20.0 Å². The lowest BCUT2D eigenvalue weighted by Gasteiger charge is -2.33. The van der Waals surface area contributed by atoms with Gasteiger partial charge in [0.05, 0.1) is 16.3 Å². The van der Waals surface area contributed by atoms with Crippen molar-refractivity contribution in [3.8, 4) is 0 Å². The van der Waals surface area contributed by atoms with Crippen LogP contribution in [-0.4, -0.2) is 61.4 Å². The predicted molar refractivity (Wildman–Crippen MR) is 102 cm³/mol. The number of rotatable bonds is 5. The van der Waals surface area contributed by atoms with E-state index in [1.54, 1.807) is 12.1 Å². The minimum absolute atomic E-state index is 0.0162. The molecular weight excluding hydrogens is 426 g/mol. The topological polar surface area (TPSA) is 92.6 Å². The van der Waals surface area contributed by atoms with Crippen LogP contribution in [0.2, 0.25) is 0 Å². The summed E-state index contributed by atoms with van der Waals surface area (Å²) < 4.78 is 80.3. The molecule has 0 saturated carbocycles. The molecular formula is C17H22F2N4O4S2. The van der Waals surface area contributed by atoms with Gasteiger partial charge < -0.3 is 0 Å². The van der Waals surface area contributed by atoms with Crippen molar-refractivity contribution in [1.82, 2.24) is 18.4 Å². The molecule has 0 aliphatic carbocycles. The normalized spacial score (nSPS) is 17.2. The van der Waals surface area contributed by atoms with E-state index in [9.17, 15) is 25.6 Å². The molecule has 0 unspecified atom stereocenters. The second-order valence-corrected chi connectivity index (χ2v) is 10.7. The van der Waals surface area contributed by atoms with Crippen molar-refractivity contribution < 1.29 is 25.6 Å². The van der Waals surface area contributed by atoms with Crippen molar-refractivity contribution in [3.05, 3.63) is 41.2 Å². The number of sulfonamides is 2. The predicted octanol–water partition coefficient (Wildman–Crippen LogP) is 1.90. The SMILES string of the molecule is Cc1ccc(S(=O)(=O)N2CCN(S(=O)(=O)c3c(C)nn(C(F)F)c3C)CC2)cc1. The van der Waals surface area contributed by atoms with E-state index in [0.717, 1.165) is 9.87 Å². The van der Waals surface area contributed by atoms with Crippen LogP contribution in [0.25, 0.3) is 0 Å². The Hall–Kier alpha value is -1.89. The Balaban J connectivity index is 1.81. The van der Waals surface area contributed by atoms with Gasteiger partial charge in [-0.25, -0.2) is 21.5 Å². The molecule has 0 N–H and O–H groups in total. The summed E-state index contributed by atoms with van der Waals surface area (Å²) in [5.41, 5.74) is 0.764. The molecule has 1 aliphatic heterocycles. The number of aryl methyl sites for hydroxylation is 2. The molecule has 160 valence electrons. The summed E-state index contributed by atoms with van der Waals surface area (Å²) in [6.07, 6.45) is 0. The molecule has 2 aromatic rings. The number of aromatic nitrogens is 2. The molecule has 1 aliphatic rings. The standard InChI is InChI=1S/C17H22F2N4O4S2/c1-12-4-6-15(7-5-12)28(24,25)21-8-10-22(11-9-21)29(26,27)16-13(2)20-23(14(16)3)17(18)19/h4-7,17H,8-11H2,1-3H3. The van der Waals surface area contributed by atoms with E-state index in [1.165, 1.54) is 30.3 Å². The first-order chi connectivity index (χ1) is 13.5. The summed E-state index contributed by atoms with van der Waals surface area (Å²) in [6, 6.07) is 6.41. The van der Waals surface area contributed by atoms with E-state index in [4.69, 9.17) is 0 Å². The van der Waals surface area contributed by atoms with Gasteiger partial charge in [0.15, 0.2) is 0 Å². The van der Waals surface area contributed by atoms with Gasteiger partial charge in [-0.2, -0.15) is 22.5 Å². The number of hydrogen-bond acceptors (Lipinski definition) is 5. The average molecular weight is 449 g/mol. The number of alkyl halides is 2. The summed E-state index contributed by atoms with van der Waals surface area (Å²) in [6.45, 7) is 1.31. The lowest BCUT2D eigenvalue weighted by Crippen LogP contribution is -2.50. The van der Waals surface area contributed by atoms with Gasteiger partial charge in [0, 0.05) is 26.2 Å². The second kappa shape index (κ2) is 7.74. The van der Waals surface area contributed by atoms with Gasteiger partial charge in [-0.3, -0.25) is 0 Å². The van der Waals surface area contributed by atoms with Crippen LogP contribution < -0.4 is 0 Å². The fraction of sp³-hybridized carbons (Fsp3) is 0.471. The van der Waals surface area contributed by atoms with Crippen LogP contribution in [0, 0.1) is 20.8 Å². The zero-order valence-corrected chi connectivity index (χ0v) is 17.8. The zero-order chi connectivity index (χ0) is 21.6. The molecule has 1 aromatic heterocycles. The Morgan fingerprint density at radius 2 is 1.34 bits per heavy atom. The lowest BCUT2D eigenvalue weighted by atomic mass is 10.2. The maximum atomic E-state index is 13.0. The van der Waals surface area contributed by atoms with Crippen LogP contribution in [0.3, 0.4) is 0 Å². The number of hydrogen-bond donors (Lipinski definition) is 0. The van der Waals surface area contributed by atoms with Crippen LogP contribution in [0.1, 0.15) is 23.5 Å². The maximum absolute atomic E-state index is 13.0. The molecule has 1 aromatic carbocycles. The molecule has 0 bridgehead atoms. The summed E-state index contributed by atoms with van der Waals surface area (Å²) in [5, 5.41) is 3.63. The van der Waals surface area contributed by atoms with Gasteiger partial charge >= 0.3 is 6.55 Å². The highest BCUT2D eigenvalue weighted by molar-refractivity contribution is 7.89. The van der Waals surface area contributed by atoms with E-state index in [0.29, 0.717) is 4.68 Å². The number of nitrogens with zero attached hydrogens (tertiary/aromatic N) is 4. The van der Waals surface area contributed by atoms with Crippen molar-refractivity contribution >= 4 is 20.0 Å². The van der Waals surface area contributed by atoms with Gasteiger partial charge in [0.1, 0.15) is 4.90 Å². The number of piperazine rings is 1. The molecule has 0 amide bonds. The van der Waals surface area contributed by atoms with Crippen LogP contribution in [0.5, 0.6) is 0 Å². The molecule has 0 spiro atoms. The first-order valence-electron chi connectivity index (χ1n) is 8.87. The molecule has 29 heavy (non-hydrogen) atoms. The first kappa shape index (κ1) is 21.8. The van der Waals surface area contributed by atoms with E-state index < -0.39 is 26.6 Å². The fourth-order valence-electron chi connectivity index (χ4n) is 3.35. The Kier molecular flexibility index (Phi) is 5.82. The van der Waals surface area contributed by atoms with Crippen LogP contribution in [0.4, 0.5) is 8.78 Å². The van der Waals surface area contributed by atoms with Crippen molar-refractivity contribution in [1.29, 1.82) is 0 Å². The highest BCUT2D eigenvalue weighted by Crippen LogP contribution is 2.28. The molecule has 12 heteroatoms. The van der Waals surface area contributed by atoms with E-state index in [-0.39, 0.29) is 47.4 Å². The Morgan fingerprint density at radius 3 is 1.79 bits per heavy atom. The van der Waals surface area contributed by atoms with Crippen molar-refractivity contribution in [3.63, 3.8) is 0 Å². The molecule has 8 nitrogen and oxygen atoms in total. The monoisotopic (exact) mass is 448 g/mol. The van der Waals surface area contributed by atoms with Crippen LogP contribution >= 0.6 is 0 Å². The van der Waals surface area contributed by atoms with E-state index in [1.807, 2.05) is 6.92 Å². The van der Waals surface area contributed by atoms with Gasteiger partial charge in [-0.15, -0.1) is 0 Å². The largest absolute Gasteiger partial charge is 0.333 e. The minimum atomic E-state index is -4.08. The third-order valence-corrected chi connectivity index (χ3v) is 8.96. The molecule has 3 rings (SSSR count). The number of halogens is 2. The summed E-state index contributed by atoms with van der Waals surface area (Å²) in [5.74, 6) is 0. The number of benzene rings is 1. The molecule has 0 radical (unpaired) electrons. The zero-order valence-electron chi connectivity index (χ0n) is 16.2. The lowest BCUT2D eigenvalue weighted by molar-refractivity contribution is 0.0538. The third-order valence-electron chi connectivity index (χ3n) is 4.90. The van der Waals surface area contributed by atoms with Crippen molar-refractivity contribution in [2.75, 3.05) is 26.2 Å². The van der Waals surface area contributed by atoms with E-state index >= 15 is 0 Å². The highest BCUT2D eigenvalue weighted by Gasteiger charge is 2.37. The minimum Gasteiger partial charge on any atom is -0.207 e. The van der Waals surface area contributed by atoms with Gasteiger partial charge in [-0.1, -0.05) is 17.7 Å². The quantitative estimate of drug-likeness (QED) is 0.697. The van der Waals surface area contributed by atoms with E-state index in [2.05, 4.69) is 5.10 Å². The summed E-state index contributed by atoms with van der Waals surface area (Å²) in [7, 11) is -7.82. The Labute approximate surface area is 168 Å². The summed E-state index contributed by atoms with van der Waals surface area (Å²) >= 11 is 0. The first-order valence-corrected chi connectivity index (χ1v) is 11.7. The smallest absolute Gasteiger partial charge is 0.207 e. The van der Waals surface area contributed by atoms with Gasteiger partial charge in [0.25, 0.3) is 0 Å². The molecule has 1 fully saturated rings. The van der Waals surface area contributed by atoms with Crippen molar-refractivity contribution in [2.45, 2.75) is 37.1 Å². The molecule has 0 atom stereocenters. The van der Waals surface area contributed by atoms with Crippen LogP contribution in [-0.2, 0) is 20.0 Å². The van der Waals surface area contributed by atoms with Gasteiger partial charge in [-0.05, 0) is 32.9 Å². The molecule has 2 heterocycles. The molecule has 1 saturated heterocycles. The van der Waals surface area contributed by atoms with Crippen molar-refractivity contribution in [2.24, 2.45) is 0 Å². The van der Waals surface area contributed by atoms with Crippen LogP contribution in [0.15, 0.2) is 34.1 Å². The Bertz CT molecular complexity index is 1110. The Morgan fingerprint density at radius 1 is 0.862 bits per heavy atom. The third kappa shape index (κ3) is 3.93.